The lowest BCUT2D eigenvalue weighted by molar-refractivity contribution is 0.414. The van der Waals surface area contributed by atoms with Crippen LogP contribution in [0.3, 0.4) is 0 Å². The van der Waals surface area contributed by atoms with Gasteiger partial charge in [-0.25, -0.2) is 4.68 Å². The molecule has 2 aromatic carbocycles. The summed E-state index contributed by atoms with van der Waals surface area (Å²) in [5.41, 5.74) is 2.47. The van der Waals surface area contributed by atoms with Gasteiger partial charge in [-0.15, -0.1) is 5.10 Å². The molecule has 4 rings (SSSR count). The van der Waals surface area contributed by atoms with E-state index >= 15 is 0 Å². The third-order valence-corrected chi connectivity index (χ3v) is 3.86. The van der Waals surface area contributed by atoms with Crippen LogP contribution in [0, 0.1) is 0 Å². The second-order valence-electron chi connectivity index (χ2n) is 5.35. The van der Waals surface area contributed by atoms with Crippen LogP contribution in [0.2, 0.25) is 0 Å². The van der Waals surface area contributed by atoms with E-state index in [0.717, 1.165) is 22.3 Å². The molecule has 0 radical (unpaired) electrons. The summed E-state index contributed by atoms with van der Waals surface area (Å²) in [6.07, 6.45) is 1.74. The SMILES string of the molecule is COc1ccc(-n2cc(-c3cc4ccccc4[nH]c3=O)nn2)cc1. The number of aromatic amines is 1. The van der Waals surface area contributed by atoms with Crippen LogP contribution < -0.4 is 10.3 Å². The van der Waals surface area contributed by atoms with Gasteiger partial charge in [-0.1, -0.05) is 23.4 Å². The van der Waals surface area contributed by atoms with E-state index in [1.165, 1.54) is 0 Å². The minimum absolute atomic E-state index is 0.185. The predicted octanol–water partition coefficient (Wildman–Crippen LogP) is 2.78. The number of nitrogens with one attached hydrogen (secondary N) is 1. The van der Waals surface area contributed by atoms with Crippen molar-refractivity contribution in [3.8, 4) is 22.7 Å². The number of nitrogens with zero attached hydrogens (tertiary/aromatic N) is 3. The summed E-state index contributed by atoms with van der Waals surface area (Å²) in [4.78, 5) is 15.2. The lowest BCUT2D eigenvalue weighted by Gasteiger charge is -2.02. The van der Waals surface area contributed by atoms with Crippen LogP contribution in [0.5, 0.6) is 5.75 Å². The summed E-state index contributed by atoms with van der Waals surface area (Å²) in [5.74, 6) is 0.769. The molecule has 6 heteroatoms. The number of para-hydroxylation sites is 1. The normalized spacial score (nSPS) is 10.9. The monoisotopic (exact) mass is 318 g/mol. The van der Waals surface area contributed by atoms with E-state index in [1.54, 1.807) is 18.0 Å². The zero-order valence-electron chi connectivity index (χ0n) is 12.9. The number of aromatic nitrogens is 4. The molecule has 4 aromatic rings. The topological polar surface area (TPSA) is 72.8 Å². The maximum Gasteiger partial charge on any atom is 0.258 e. The molecule has 0 saturated heterocycles. The number of H-pyrrole nitrogens is 1. The number of benzene rings is 2. The van der Waals surface area contributed by atoms with Gasteiger partial charge in [0, 0.05) is 5.52 Å². The fraction of sp³-hybridized carbons (Fsp3) is 0.0556. The van der Waals surface area contributed by atoms with Gasteiger partial charge >= 0.3 is 0 Å². The molecule has 0 spiro atoms. The molecule has 0 aliphatic rings. The molecule has 2 aromatic heterocycles. The quantitative estimate of drug-likeness (QED) is 0.630. The molecule has 24 heavy (non-hydrogen) atoms. The predicted molar refractivity (Wildman–Crippen MR) is 91.5 cm³/mol. The first-order chi connectivity index (χ1) is 11.7. The number of fused-ring (bicyclic) bond motifs is 1. The Labute approximate surface area is 137 Å². The summed E-state index contributed by atoms with van der Waals surface area (Å²) >= 11 is 0. The van der Waals surface area contributed by atoms with E-state index in [4.69, 9.17) is 4.74 Å². The Morgan fingerprint density at radius 2 is 1.88 bits per heavy atom. The summed E-state index contributed by atoms with van der Waals surface area (Å²) in [5, 5.41) is 9.20. The highest BCUT2D eigenvalue weighted by Crippen LogP contribution is 2.19. The standard InChI is InChI=1S/C18H14N4O2/c1-24-14-8-6-13(7-9-14)22-11-17(20-21-22)15-10-12-4-2-3-5-16(12)19-18(15)23/h2-11H,1H3,(H,19,23). The van der Waals surface area contributed by atoms with Gasteiger partial charge in [-0.05, 0) is 41.8 Å². The Balaban J connectivity index is 1.76. The van der Waals surface area contributed by atoms with Crippen LogP contribution in [0.25, 0.3) is 27.8 Å². The van der Waals surface area contributed by atoms with Crippen LogP contribution in [-0.2, 0) is 0 Å². The smallest absolute Gasteiger partial charge is 0.258 e. The third kappa shape index (κ3) is 2.44. The van der Waals surface area contributed by atoms with E-state index in [-0.39, 0.29) is 5.56 Å². The van der Waals surface area contributed by atoms with Crippen molar-refractivity contribution in [1.82, 2.24) is 20.0 Å². The fourth-order valence-electron chi connectivity index (χ4n) is 2.59. The highest BCUT2D eigenvalue weighted by Gasteiger charge is 2.10. The summed E-state index contributed by atoms with van der Waals surface area (Å²) in [6, 6.07) is 16.9. The van der Waals surface area contributed by atoms with Gasteiger partial charge in [0.25, 0.3) is 5.56 Å². The first-order valence-electron chi connectivity index (χ1n) is 7.44. The number of rotatable bonds is 3. The second-order valence-corrected chi connectivity index (χ2v) is 5.35. The Hall–Kier alpha value is -3.41. The maximum absolute atomic E-state index is 12.3. The molecule has 0 amide bonds. The Kier molecular flexibility index (Phi) is 3.35. The average Bonchev–Trinajstić information content (AvgIpc) is 3.11. The Morgan fingerprint density at radius 1 is 1.08 bits per heavy atom. The number of methoxy groups -OCH3 is 1. The van der Waals surface area contributed by atoms with Gasteiger partial charge in [0.1, 0.15) is 11.4 Å². The number of hydrogen-bond acceptors (Lipinski definition) is 4. The first kappa shape index (κ1) is 14.2. The van der Waals surface area contributed by atoms with Crippen molar-refractivity contribution in [1.29, 1.82) is 0 Å². The van der Waals surface area contributed by atoms with E-state index in [9.17, 15) is 4.79 Å². The zero-order valence-corrected chi connectivity index (χ0v) is 12.9. The van der Waals surface area contributed by atoms with Gasteiger partial charge in [0.15, 0.2) is 0 Å². The Bertz CT molecular complexity index is 1060. The van der Waals surface area contributed by atoms with E-state index in [2.05, 4.69) is 15.3 Å². The summed E-state index contributed by atoms with van der Waals surface area (Å²) in [7, 11) is 1.62. The highest BCUT2D eigenvalue weighted by molar-refractivity contribution is 5.82. The van der Waals surface area contributed by atoms with Crippen LogP contribution in [-0.4, -0.2) is 27.1 Å². The minimum Gasteiger partial charge on any atom is -0.497 e. The van der Waals surface area contributed by atoms with Gasteiger partial charge in [0.05, 0.1) is 24.6 Å². The third-order valence-electron chi connectivity index (χ3n) is 3.86. The molecule has 0 fully saturated rings. The van der Waals surface area contributed by atoms with Crippen molar-refractivity contribution in [2.45, 2.75) is 0 Å². The van der Waals surface area contributed by atoms with Gasteiger partial charge in [-0.3, -0.25) is 4.79 Å². The Morgan fingerprint density at radius 3 is 2.67 bits per heavy atom. The lowest BCUT2D eigenvalue weighted by Crippen LogP contribution is -2.08. The largest absolute Gasteiger partial charge is 0.497 e. The summed E-state index contributed by atoms with van der Waals surface area (Å²) < 4.78 is 6.77. The lowest BCUT2D eigenvalue weighted by atomic mass is 10.1. The van der Waals surface area contributed by atoms with Crippen molar-refractivity contribution in [3.05, 3.63) is 71.1 Å². The highest BCUT2D eigenvalue weighted by atomic mass is 16.5. The number of hydrogen-bond donors (Lipinski definition) is 1. The van der Waals surface area contributed by atoms with E-state index in [1.807, 2.05) is 54.6 Å². The molecule has 2 heterocycles. The van der Waals surface area contributed by atoms with Crippen molar-refractivity contribution in [2.24, 2.45) is 0 Å². The summed E-state index contributed by atoms with van der Waals surface area (Å²) in [6.45, 7) is 0. The molecule has 0 atom stereocenters. The molecule has 0 saturated carbocycles. The molecule has 118 valence electrons. The minimum atomic E-state index is -0.185. The van der Waals surface area contributed by atoms with Gasteiger partial charge in [-0.2, -0.15) is 0 Å². The molecular weight excluding hydrogens is 304 g/mol. The van der Waals surface area contributed by atoms with Crippen molar-refractivity contribution in [3.63, 3.8) is 0 Å². The van der Waals surface area contributed by atoms with E-state index in [0.29, 0.717) is 11.3 Å². The molecule has 1 N–H and O–H groups in total. The molecule has 0 aliphatic heterocycles. The molecule has 0 aliphatic carbocycles. The van der Waals surface area contributed by atoms with Gasteiger partial charge in [0.2, 0.25) is 0 Å². The fourth-order valence-corrected chi connectivity index (χ4v) is 2.59. The molecule has 0 unspecified atom stereocenters. The van der Waals surface area contributed by atoms with Crippen molar-refractivity contribution in [2.75, 3.05) is 7.11 Å². The second kappa shape index (κ2) is 5.66. The van der Waals surface area contributed by atoms with Crippen molar-refractivity contribution < 1.29 is 4.74 Å². The zero-order chi connectivity index (χ0) is 16.5. The molecular formula is C18H14N4O2. The van der Waals surface area contributed by atoms with Crippen LogP contribution in [0.15, 0.2) is 65.6 Å². The average molecular weight is 318 g/mol. The van der Waals surface area contributed by atoms with E-state index < -0.39 is 0 Å². The molecule has 6 nitrogen and oxygen atoms in total. The van der Waals surface area contributed by atoms with Crippen molar-refractivity contribution >= 4 is 10.9 Å². The van der Waals surface area contributed by atoms with Crippen LogP contribution in [0.1, 0.15) is 0 Å². The van der Waals surface area contributed by atoms with Crippen LogP contribution >= 0.6 is 0 Å². The van der Waals surface area contributed by atoms with Crippen LogP contribution in [0.4, 0.5) is 0 Å². The molecule has 0 bridgehead atoms. The number of ether oxygens (including phenoxy) is 1. The maximum atomic E-state index is 12.3. The first-order valence-corrected chi connectivity index (χ1v) is 7.44. The number of pyridine rings is 1. The van der Waals surface area contributed by atoms with Gasteiger partial charge < -0.3 is 9.72 Å².